The van der Waals surface area contributed by atoms with Gasteiger partial charge in [-0.3, -0.25) is 4.79 Å². The number of aliphatic hydroxyl groups excluding tert-OH is 1. The average molecular weight is 330 g/mol. The largest absolute Gasteiger partial charge is 0.390 e. The zero-order valence-corrected chi connectivity index (χ0v) is 14.7. The summed E-state index contributed by atoms with van der Waals surface area (Å²) < 4.78 is 0. The van der Waals surface area contributed by atoms with E-state index in [1.807, 2.05) is 4.90 Å². The molecule has 4 nitrogen and oxygen atoms in total. The summed E-state index contributed by atoms with van der Waals surface area (Å²) >= 11 is 0. The number of nitrogens with zero attached hydrogens (tertiary/aromatic N) is 2. The Morgan fingerprint density at radius 1 is 1.21 bits per heavy atom. The van der Waals surface area contributed by atoms with Gasteiger partial charge in [0.15, 0.2) is 0 Å². The van der Waals surface area contributed by atoms with Crippen LogP contribution in [-0.2, 0) is 4.79 Å². The van der Waals surface area contributed by atoms with Gasteiger partial charge in [0.1, 0.15) is 0 Å². The predicted octanol–water partition coefficient (Wildman–Crippen LogP) is 2.49. The molecule has 2 aliphatic heterocycles. The molecular formula is C20H30N2O2. The molecule has 2 saturated heterocycles. The van der Waals surface area contributed by atoms with E-state index >= 15 is 0 Å². The number of benzene rings is 1. The number of aliphatic hydroxyl groups is 1. The minimum absolute atomic E-state index is 0.197. The summed E-state index contributed by atoms with van der Waals surface area (Å²) in [5, 5.41) is 10.4. The molecule has 0 aliphatic carbocycles. The second kappa shape index (κ2) is 8.13. The van der Waals surface area contributed by atoms with E-state index < -0.39 is 6.10 Å². The number of hydrogen-bond acceptors (Lipinski definition) is 3. The van der Waals surface area contributed by atoms with Crippen molar-refractivity contribution in [3.63, 3.8) is 0 Å². The lowest BCUT2D eigenvalue weighted by atomic mass is 9.79. The quantitative estimate of drug-likeness (QED) is 0.871. The van der Waals surface area contributed by atoms with E-state index in [1.54, 1.807) is 0 Å². The lowest BCUT2D eigenvalue weighted by Gasteiger charge is -2.39. The molecule has 0 unspecified atom stereocenters. The highest BCUT2D eigenvalue weighted by Crippen LogP contribution is 2.34. The summed E-state index contributed by atoms with van der Waals surface area (Å²) in [6, 6.07) is 10.8. The topological polar surface area (TPSA) is 43.8 Å². The molecule has 1 aromatic carbocycles. The van der Waals surface area contributed by atoms with Crippen LogP contribution >= 0.6 is 0 Å². The van der Waals surface area contributed by atoms with E-state index in [0.29, 0.717) is 31.3 Å². The average Bonchev–Trinajstić information content (AvgIpc) is 3.00. The number of rotatable bonds is 6. The maximum Gasteiger partial charge on any atom is 0.222 e. The van der Waals surface area contributed by atoms with Crippen LogP contribution in [0.3, 0.4) is 0 Å². The van der Waals surface area contributed by atoms with Crippen LogP contribution in [0.4, 0.5) is 0 Å². The number of β-amino-alcohol motifs (C(OH)–C–C–N with tert-alkyl or cyclic N) is 1. The third-order valence-corrected chi connectivity index (χ3v) is 5.64. The Bertz CT molecular complexity index is 534. The SMILES string of the molecule is CC[C@@H]1CN(C[C@@H](O)CN2CCCC2=O)CC[C@@H]1c1ccccc1. The van der Waals surface area contributed by atoms with Crippen LogP contribution in [0.25, 0.3) is 0 Å². The summed E-state index contributed by atoms with van der Waals surface area (Å²) in [6.07, 6.45) is 3.46. The van der Waals surface area contributed by atoms with Gasteiger partial charge >= 0.3 is 0 Å². The summed E-state index contributed by atoms with van der Waals surface area (Å²) in [7, 11) is 0. The molecular weight excluding hydrogens is 300 g/mol. The van der Waals surface area contributed by atoms with Gasteiger partial charge in [0.05, 0.1) is 6.10 Å². The zero-order chi connectivity index (χ0) is 16.9. The number of piperidine rings is 1. The standard InChI is InChI=1S/C20H30N2O2/c1-2-16-13-21(12-10-19(16)17-7-4-3-5-8-17)14-18(23)15-22-11-6-9-20(22)24/h3-5,7-8,16,18-19,23H,2,6,9-15H2,1H3/t16-,18-,19+/m1/s1. The smallest absolute Gasteiger partial charge is 0.222 e. The lowest BCUT2D eigenvalue weighted by Crippen LogP contribution is -2.46. The molecule has 2 fully saturated rings. The fourth-order valence-electron chi connectivity index (χ4n) is 4.33. The second-order valence-corrected chi connectivity index (χ2v) is 7.33. The normalized spacial score (nSPS) is 26.8. The fraction of sp³-hybridized carbons (Fsp3) is 0.650. The van der Waals surface area contributed by atoms with E-state index in [0.717, 1.165) is 38.9 Å². The van der Waals surface area contributed by atoms with Crippen LogP contribution in [0.1, 0.15) is 44.1 Å². The Morgan fingerprint density at radius 2 is 2.00 bits per heavy atom. The third kappa shape index (κ3) is 4.17. The second-order valence-electron chi connectivity index (χ2n) is 7.33. The van der Waals surface area contributed by atoms with Gasteiger partial charge in [-0.05, 0) is 36.8 Å². The minimum atomic E-state index is -0.433. The van der Waals surface area contributed by atoms with E-state index in [1.165, 1.54) is 5.56 Å². The highest BCUT2D eigenvalue weighted by molar-refractivity contribution is 5.78. The lowest BCUT2D eigenvalue weighted by molar-refractivity contribution is -0.129. The Kier molecular flexibility index (Phi) is 5.90. The van der Waals surface area contributed by atoms with E-state index in [4.69, 9.17) is 0 Å². The number of hydrogen-bond donors (Lipinski definition) is 1. The Hall–Kier alpha value is -1.39. The van der Waals surface area contributed by atoms with Gasteiger partial charge in [-0.25, -0.2) is 0 Å². The van der Waals surface area contributed by atoms with Crippen LogP contribution in [0.5, 0.6) is 0 Å². The van der Waals surface area contributed by atoms with Gasteiger partial charge in [0, 0.05) is 32.6 Å². The highest BCUT2D eigenvalue weighted by atomic mass is 16.3. The van der Waals surface area contributed by atoms with E-state index in [-0.39, 0.29) is 5.91 Å². The number of carbonyl (C=O) groups is 1. The molecule has 132 valence electrons. The Morgan fingerprint density at radius 3 is 2.67 bits per heavy atom. The van der Waals surface area contributed by atoms with E-state index in [9.17, 15) is 9.90 Å². The number of carbonyl (C=O) groups excluding carboxylic acids is 1. The molecule has 1 aromatic rings. The van der Waals surface area contributed by atoms with Gasteiger partial charge in [-0.2, -0.15) is 0 Å². The van der Waals surface area contributed by atoms with Crippen LogP contribution in [0.15, 0.2) is 30.3 Å². The molecule has 3 atom stereocenters. The molecule has 24 heavy (non-hydrogen) atoms. The Balaban J connectivity index is 1.52. The van der Waals surface area contributed by atoms with Crippen LogP contribution in [0, 0.1) is 5.92 Å². The predicted molar refractivity (Wildman–Crippen MR) is 95.8 cm³/mol. The van der Waals surface area contributed by atoms with Crippen LogP contribution < -0.4 is 0 Å². The first-order valence-corrected chi connectivity index (χ1v) is 9.40. The van der Waals surface area contributed by atoms with Crippen molar-refractivity contribution in [2.75, 3.05) is 32.7 Å². The number of likely N-dealkylation sites (tertiary alicyclic amines) is 2. The van der Waals surface area contributed by atoms with Crippen molar-refractivity contribution < 1.29 is 9.90 Å². The molecule has 0 spiro atoms. The fourth-order valence-corrected chi connectivity index (χ4v) is 4.33. The molecule has 1 N–H and O–H groups in total. The maximum absolute atomic E-state index is 11.7. The van der Waals surface area contributed by atoms with Gasteiger partial charge in [-0.1, -0.05) is 43.7 Å². The van der Waals surface area contributed by atoms with Crippen LogP contribution in [0.2, 0.25) is 0 Å². The molecule has 3 rings (SSSR count). The van der Waals surface area contributed by atoms with Gasteiger partial charge in [0.25, 0.3) is 0 Å². The molecule has 0 bridgehead atoms. The summed E-state index contributed by atoms with van der Waals surface area (Å²) in [6.45, 7) is 6.32. The van der Waals surface area contributed by atoms with Crippen molar-refractivity contribution in [2.24, 2.45) is 5.92 Å². The molecule has 4 heteroatoms. The van der Waals surface area contributed by atoms with Crippen molar-refractivity contribution in [3.8, 4) is 0 Å². The van der Waals surface area contributed by atoms with Crippen LogP contribution in [-0.4, -0.2) is 59.6 Å². The highest BCUT2D eigenvalue weighted by Gasteiger charge is 2.30. The molecule has 0 aromatic heterocycles. The molecule has 1 amide bonds. The maximum atomic E-state index is 11.7. The Labute approximate surface area is 145 Å². The van der Waals surface area contributed by atoms with Gasteiger partial charge in [-0.15, -0.1) is 0 Å². The first-order valence-electron chi connectivity index (χ1n) is 9.40. The van der Waals surface area contributed by atoms with Crippen molar-refractivity contribution in [1.82, 2.24) is 9.80 Å². The van der Waals surface area contributed by atoms with Crippen molar-refractivity contribution in [2.45, 2.75) is 44.6 Å². The summed E-state index contributed by atoms with van der Waals surface area (Å²) in [5.41, 5.74) is 1.45. The van der Waals surface area contributed by atoms with Crippen molar-refractivity contribution >= 4 is 5.91 Å². The monoisotopic (exact) mass is 330 g/mol. The summed E-state index contributed by atoms with van der Waals surface area (Å²) in [5.74, 6) is 1.47. The zero-order valence-electron chi connectivity index (χ0n) is 14.7. The van der Waals surface area contributed by atoms with Gasteiger partial charge < -0.3 is 14.9 Å². The van der Waals surface area contributed by atoms with Gasteiger partial charge in [0.2, 0.25) is 5.91 Å². The molecule has 2 heterocycles. The minimum Gasteiger partial charge on any atom is -0.390 e. The first-order chi connectivity index (χ1) is 11.7. The summed E-state index contributed by atoms with van der Waals surface area (Å²) in [4.78, 5) is 15.9. The van der Waals surface area contributed by atoms with Crippen molar-refractivity contribution in [1.29, 1.82) is 0 Å². The molecule has 2 aliphatic rings. The van der Waals surface area contributed by atoms with E-state index in [2.05, 4.69) is 42.2 Å². The van der Waals surface area contributed by atoms with Crippen molar-refractivity contribution in [3.05, 3.63) is 35.9 Å². The molecule has 0 radical (unpaired) electrons. The first kappa shape index (κ1) is 17.4. The third-order valence-electron chi connectivity index (χ3n) is 5.64. The number of amides is 1. The molecule has 0 saturated carbocycles.